The Morgan fingerprint density at radius 2 is 1.75 bits per heavy atom. The maximum Gasteiger partial charge on any atom is 0.243 e. The van der Waals surface area contributed by atoms with Crippen LogP contribution in [0.15, 0.2) is 23.1 Å². The number of benzene rings is 1. The van der Waals surface area contributed by atoms with Crippen molar-refractivity contribution in [3.05, 3.63) is 23.2 Å². The molecule has 2 saturated heterocycles. The molecule has 0 unspecified atom stereocenters. The van der Waals surface area contributed by atoms with E-state index >= 15 is 0 Å². The highest BCUT2D eigenvalue weighted by atomic mass is 35.5. The molecule has 0 amide bonds. The van der Waals surface area contributed by atoms with E-state index in [0.29, 0.717) is 43.4 Å². The average Bonchev–Trinajstić information content (AvgIpc) is 2.56. The van der Waals surface area contributed by atoms with Crippen LogP contribution in [-0.4, -0.2) is 51.1 Å². The third-order valence-corrected chi connectivity index (χ3v) is 7.20. The lowest BCUT2D eigenvalue weighted by Gasteiger charge is -2.41. The molecular formula is C17H25ClN2O3S. The highest BCUT2D eigenvalue weighted by Gasteiger charge is 2.29. The smallest absolute Gasteiger partial charge is 0.243 e. The van der Waals surface area contributed by atoms with Gasteiger partial charge in [0, 0.05) is 25.2 Å². The Labute approximate surface area is 149 Å². The first-order valence-electron chi connectivity index (χ1n) is 8.57. The van der Waals surface area contributed by atoms with Crippen LogP contribution in [0.4, 0.5) is 5.69 Å². The van der Waals surface area contributed by atoms with E-state index in [1.165, 1.54) is 10.7 Å². The molecule has 7 heteroatoms. The first kappa shape index (κ1) is 18.0. The normalized spacial score (nSPS) is 26.5. The van der Waals surface area contributed by atoms with Crippen LogP contribution in [0.25, 0.3) is 0 Å². The van der Waals surface area contributed by atoms with Crippen LogP contribution in [0.2, 0.25) is 5.02 Å². The molecule has 0 aliphatic carbocycles. The molecule has 0 aromatic heterocycles. The number of nitrogens with zero attached hydrogens (tertiary/aromatic N) is 2. The number of morpholine rings is 1. The Hall–Kier alpha value is -0.820. The van der Waals surface area contributed by atoms with Crippen molar-refractivity contribution in [3.8, 4) is 0 Å². The van der Waals surface area contributed by atoms with Crippen LogP contribution in [0.1, 0.15) is 33.1 Å². The van der Waals surface area contributed by atoms with Gasteiger partial charge in [0.05, 0.1) is 28.8 Å². The maximum atomic E-state index is 12.8. The van der Waals surface area contributed by atoms with E-state index < -0.39 is 10.0 Å². The summed E-state index contributed by atoms with van der Waals surface area (Å²) in [5, 5.41) is 0.505. The van der Waals surface area contributed by atoms with E-state index in [2.05, 4.69) is 18.7 Å². The van der Waals surface area contributed by atoms with Gasteiger partial charge in [-0.25, -0.2) is 8.42 Å². The zero-order valence-electron chi connectivity index (χ0n) is 14.2. The zero-order chi connectivity index (χ0) is 17.3. The fourth-order valence-corrected chi connectivity index (χ4v) is 5.47. The number of halogens is 1. The van der Waals surface area contributed by atoms with Crippen LogP contribution in [0.3, 0.4) is 0 Å². The van der Waals surface area contributed by atoms with Crippen LogP contribution >= 0.6 is 11.6 Å². The second-order valence-corrected chi connectivity index (χ2v) is 9.01. The lowest BCUT2D eigenvalue weighted by Crippen LogP contribution is -2.44. The second kappa shape index (κ2) is 7.20. The molecule has 134 valence electrons. The fraction of sp³-hybridized carbons (Fsp3) is 0.647. The molecule has 5 nitrogen and oxygen atoms in total. The molecule has 1 aromatic carbocycles. The molecule has 0 bridgehead atoms. The Bertz CT molecular complexity index is 679. The largest absolute Gasteiger partial charge is 0.379 e. The topological polar surface area (TPSA) is 49.9 Å². The predicted molar refractivity (Wildman–Crippen MR) is 96.3 cm³/mol. The molecule has 2 heterocycles. The van der Waals surface area contributed by atoms with Crippen molar-refractivity contribution in [1.82, 2.24) is 4.31 Å². The van der Waals surface area contributed by atoms with E-state index in [1.807, 2.05) is 6.07 Å². The summed E-state index contributed by atoms with van der Waals surface area (Å²) >= 11 is 6.49. The average molecular weight is 373 g/mol. The fourth-order valence-electron chi connectivity index (χ4n) is 3.69. The van der Waals surface area contributed by atoms with Crippen molar-refractivity contribution >= 4 is 27.3 Å². The van der Waals surface area contributed by atoms with Crippen molar-refractivity contribution < 1.29 is 13.2 Å². The minimum Gasteiger partial charge on any atom is -0.379 e. The first-order valence-corrected chi connectivity index (χ1v) is 10.4. The molecule has 24 heavy (non-hydrogen) atoms. The predicted octanol–water partition coefficient (Wildman–Crippen LogP) is 3.13. The maximum absolute atomic E-state index is 12.8. The van der Waals surface area contributed by atoms with Crippen LogP contribution in [0, 0.1) is 0 Å². The Morgan fingerprint density at radius 1 is 1.12 bits per heavy atom. The van der Waals surface area contributed by atoms with Gasteiger partial charge < -0.3 is 9.64 Å². The Morgan fingerprint density at radius 3 is 2.33 bits per heavy atom. The number of anilines is 1. The zero-order valence-corrected chi connectivity index (χ0v) is 15.8. The summed E-state index contributed by atoms with van der Waals surface area (Å²) < 4.78 is 32.2. The van der Waals surface area contributed by atoms with E-state index in [0.717, 1.165) is 18.5 Å². The number of hydrogen-bond donors (Lipinski definition) is 0. The lowest BCUT2D eigenvalue weighted by atomic mass is 9.96. The summed E-state index contributed by atoms with van der Waals surface area (Å²) in [7, 11) is -3.51. The van der Waals surface area contributed by atoms with Crippen molar-refractivity contribution in [3.63, 3.8) is 0 Å². The van der Waals surface area contributed by atoms with Gasteiger partial charge in [0.25, 0.3) is 0 Å². The standard InChI is InChI=1S/C17H25ClN2O3S/c1-13-4-3-5-14(2)20(13)17-7-6-15(12-16(17)18)24(21,22)19-8-10-23-11-9-19/h6-7,12-14H,3-5,8-11H2,1-2H3/t13-,14-/m1/s1. The quantitative estimate of drug-likeness (QED) is 0.817. The highest BCUT2D eigenvalue weighted by Crippen LogP contribution is 2.36. The van der Waals surface area contributed by atoms with Crippen LogP contribution in [-0.2, 0) is 14.8 Å². The lowest BCUT2D eigenvalue weighted by molar-refractivity contribution is 0.0730. The van der Waals surface area contributed by atoms with Crippen molar-refractivity contribution in [2.24, 2.45) is 0 Å². The number of piperidine rings is 1. The van der Waals surface area contributed by atoms with Gasteiger partial charge in [-0.2, -0.15) is 4.31 Å². The summed E-state index contributed by atoms with van der Waals surface area (Å²) in [4.78, 5) is 2.58. The third-order valence-electron chi connectivity index (χ3n) is 5.00. The highest BCUT2D eigenvalue weighted by molar-refractivity contribution is 7.89. The van der Waals surface area contributed by atoms with E-state index in [4.69, 9.17) is 16.3 Å². The molecule has 2 aliphatic rings. The number of rotatable bonds is 3. The molecule has 0 saturated carbocycles. The first-order chi connectivity index (χ1) is 11.4. The molecular weight excluding hydrogens is 348 g/mol. The number of sulfonamides is 1. The monoisotopic (exact) mass is 372 g/mol. The van der Waals surface area contributed by atoms with E-state index in [1.54, 1.807) is 12.1 Å². The summed E-state index contributed by atoms with van der Waals surface area (Å²) in [6.45, 7) is 6.06. The summed E-state index contributed by atoms with van der Waals surface area (Å²) in [5.74, 6) is 0. The van der Waals surface area contributed by atoms with E-state index in [9.17, 15) is 8.42 Å². The number of hydrogen-bond acceptors (Lipinski definition) is 4. The van der Waals surface area contributed by atoms with Crippen LogP contribution < -0.4 is 4.90 Å². The molecule has 0 radical (unpaired) electrons. The van der Waals surface area contributed by atoms with E-state index in [-0.39, 0.29) is 4.90 Å². The van der Waals surface area contributed by atoms with Crippen molar-refractivity contribution in [1.29, 1.82) is 0 Å². The molecule has 2 atom stereocenters. The molecule has 0 spiro atoms. The summed E-state index contributed by atoms with van der Waals surface area (Å²) in [6.07, 6.45) is 3.49. The Balaban J connectivity index is 1.89. The van der Waals surface area contributed by atoms with Gasteiger partial charge in [-0.05, 0) is 51.3 Å². The van der Waals surface area contributed by atoms with Crippen molar-refractivity contribution in [2.75, 3.05) is 31.2 Å². The third kappa shape index (κ3) is 3.43. The molecule has 2 fully saturated rings. The van der Waals surface area contributed by atoms with Gasteiger partial charge in [0.15, 0.2) is 0 Å². The van der Waals surface area contributed by atoms with Crippen molar-refractivity contribution in [2.45, 2.75) is 50.1 Å². The van der Waals surface area contributed by atoms with Gasteiger partial charge in [0.2, 0.25) is 10.0 Å². The number of ether oxygens (including phenoxy) is 1. The summed E-state index contributed by atoms with van der Waals surface area (Å²) in [6, 6.07) is 5.95. The molecule has 3 rings (SSSR count). The minimum absolute atomic E-state index is 0.260. The van der Waals surface area contributed by atoms with Gasteiger partial charge in [-0.1, -0.05) is 11.6 Å². The minimum atomic E-state index is -3.51. The summed E-state index contributed by atoms with van der Waals surface area (Å²) in [5.41, 5.74) is 0.928. The van der Waals surface area contributed by atoms with Crippen LogP contribution in [0.5, 0.6) is 0 Å². The molecule has 2 aliphatic heterocycles. The Kier molecular flexibility index (Phi) is 5.39. The molecule has 0 N–H and O–H groups in total. The van der Waals surface area contributed by atoms with Gasteiger partial charge in [-0.3, -0.25) is 0 Å². The molecule has 1 aromatic rings. The SMILES string of the molecule is C[C@@H]1CCC[C@@H](C)N1c1ccc(S(=O)(=O)N2CCOCC2)cc1Cl. The second-order valence-electron chi connectivity index (χ2n) is 6.67. The van der Waals surface area contributed by atoms with Gasteiger partial charge in [-0.15, -0.1) is 0 Å². The van der Waals surface area contributed by atoms with Gasteiger partial charge >= 0.3 is 0 Å². The van der Waals surface area contributed by atoms with Gasteiger partial charge in [0.1, 0.15) is 0 Å².